The standard InChI is InChI=1S/C20H17ClN2O2/c1-13-3-5-14(6-4-13)15-9-16(12-22-11-15)20(24)23-17-7-8-19(25-2)18(21)10-17/h3-12H,1-2H3,(H,23,24). The smallest absolute Gasteiger partial charge is 0.257 e. The molecule has 1 N–H and O–H groups in total. The zero-order valence-corrected chi connectivity index (χ0v) is 14.7. The molecule has 2 aromatic carbocycles. The molecule has 0 bridgehead atoms. The van der Waals surface area contributed by atoms with E-state index in [1.165, 1.54) is 11.8 Å². The maximum Gasteiger partial charge on any atom is 0.257 e. The number of ether oxygens (including phenoxy) is 1. The highest BCUT2D eigenvalue weighted by Crippen LogP contribution is 2.27. The average Bonchev–Trinajstić information content (AvgIpc) is 2.62. The number of rotatable bonds is 4. The summed E-state index contributed by atoms with van der Waals surface area (Å²) in [5.41, 5.74) is 4.16. The molecule has 0 fully saturated rings. The fourth-order valence-corrected chi connectivity index (χ4v) is 2.67. The summed E-state index contributed by atoms with van der Waals surface area (Å²) < 4.78 is 5.11. The second-order valence-corrected chi connectivity index (χ2v) is 6.04. The zero-order chi connectivity index (χ0) is 17.8. The molecule has 4 nitrogen and oxygen atoms in total. The molecule has 0 aliphatic carbocycles. The summed E-state index contributed by atoms with van der Waals surface area (Å²) in [6.07, 6.45) is 3.28. The normalized spacial score (nSPS) is 10.4. The Hall–Kier alpha value is -2.85. The van der Waals surface area contributed by atoms with Crippen LogP contribution < -0.4 is 10.1 Å². The predicted molar refractivity (Wildman–Crippen MR) is 100 cm³/mol. The van der Waals surface area contributed by atoms with Crippen molar-refractivity contribution in [1.29, 1.82) is 0 Å². The highest BCUT2D eigenvalue weighted by molar-refractivity contribution is 6.32. The van der Waals surface area contributed by atoms with Crippen LogP contribution in [0.15, 0.2) is 60.9 Å². The fraction of sp³-hybridized carbons (Fsp3) is 0.100. The van der Waals surface area contributed by atoms with Crippen molar-refractivity contribution in [3.8, 4) is 16.9 Å². The van der Waals surface area contributed by atoms with Crippen LogP contribution in [0.3, 0.4) is 0 Å². The molecule has 0 unspecified atom stereocenters. The Balaban J connectivity index is 1.82. The molecule has 0 radical (unpaired) electrons. The minimum absolute atomic E-state index is 0.248. The summed E-state index contributed by atoms with van der Waals surface area (Å²) in [6.45, 7) is 2.03. The van der Waals surface area contributed by atoms with Gasteiger partial charge in [0.25, 0.3) is 5.91 Å². The van der Waals surface area contributed by atoms with E-state index < -0.39 is 0 Å². The first-order valence-corrected chi connectivity index (χ1v) is 8.11. The van der Waals surface area contributed by atoms with Crippen molar-refractivity contribution in [2.45, 2.75) is 6.92 Å². The lowest BCUT2D eigenvalue weighted by Gasteiger charge is -2.09. The summed E-state index contributed by atoms with van der Waals surface area (Å²) in [4.78, 5) is 16.7. The van der Waals surface area contributed by atoms with Crippen molar-refractivity contribution in [3.63, 3.8) is 0 Å². The van der Waals surface area contributed by atoms with Crippen LogP contribution in [0.4, 0.5) is 5.69 Å². The maximum atomic E-state index is 12.5. The number of nitrogens with one attached hydrogen (secondary N) is 1. The van der Waals surface area contributed by atoms with Crippen LogP contribution in [0.1, 0.15) is 15.9 Å². The number of pyridine rings is 1. The van der Waals surface area contributed by atoms with Gasteiger partial charge in [-0.25, -0.2) is 0 Å². The molecule has 1 heterocycles. The van der Waals surface area contributed by atoms with Crippen LogP contribution in [0.25, 0.3) is 11.1 Å². The molecular weight excluding hydrogens is 336 g/mol. The lowest BCUT2D eigenvalue weighted by atomic mass is 10.0. The van der Waals surface area contributed by atoms with Crippen molar-refractivity contribution < 1.29 is 9.53 Å². The molecule has 1 aromatic heterocycles. The van der Waals surface area contributed by atoms with Crippen molar-refractivity contribution >= 4 is 23.2 Å². The maximum absolute atomic E-state index is 12.5. The van der Waals surface area contributed by atoms with E-state index in [1.807, 2.05) is 37.3 Å². The van der Waals surface area contributed by atoms with Gasteiger partial charge in [0.05, 0.1) is 17.7 Å². The van der Waals surface area contributed by atoms with Crippen LogP contribution in [0.5, 0.6) is 5.75 Å². The van der Waals surface area contributed by atoms with Crippen LogP contribution >= 0.6 is 11.6 Å². The molecule has 0 atom stereocenters. The Kier molecular flexibility index (Phi) is 5.00. The second kappa shape index (κ2) is 7.36. The van der Waals surface area contributed by atoms with E-state index in [0.29, 0.717) is 22.0 Å². The minimum atomic E-state index is -0.248. The summed E-state index contributed by atoms with van der Waals surface area (Å²) in [6, 6.07) is 15.0. The number of carbonyl (C=O) groups excluding carboxylic acids is 1. The van der Waals surface area contributed by atoms with Crippen molar-refractivity contribution in [2.24, 2.45) is 0 Å². The second-order valence-electron chi connectivity index (χ2n) is 5.63. The monoisotopic (exact) mass is 352 g/mol. The van der Waals surface area contributed by atoms with Gasteiger partial charge in [-0.1, -0.05) is 41.4 Å². The third-order valence-electron chi connectivity index (χ3n) is 3.79. The van der Waals surface area contributed by atoms with Gasteiger partial charge < -0.3 is 10.1 Å². The highest BCUT2D eigenvalue weighted by Gasteiger charge is 2.10. The molecule has 3 aromatic rings. The SMILES string of the molecule is COc1ccc(NC(=O)c2cncc(-c3ccc(C)cc3)c2)cc1Cl. The molecule has 1 amide bonds. The number of amides is 1. The number of halogens is 1. The van der Waals surface area contributed by atoms with Crippen molar-refractivity contribution in [1.82, 2.24) is 4.98 Å². The summed E-state index contributed by atoms with van der Waals surface area (Å²) in [5.74, 6) is 0.311. The van der Waals surface area contributed by atoms with Gasteiger partial charge >= 0.3 is 0 Å². The minimum Gasteiger partial charge on any atom is -0.495 e. The number of hydrogen-bond acceptors (Lipinski definition) is 3. The van der Waals surface area contributed by atoms with Gasteiger partial charge in [0.2, 0.25) is 0 Å². The summed E-state index contributed by atoms with van der Waals surface area (Å²) in [5, 5.41) is 3.26. The Morgan fingerprint density at radius 1 is 1.04 bits per heavy atom. The van der Waals surface area contributed by atoms with Crippen molar-refractivity contribution in [3.05, 3.63) is 77.1 Å². The Morgan fingerprint density at radius 3 is 2.48 bits per heavy atom. The molecule has 5 heteroatoms. The van der Waals surface area contributed by atoms with E-state index in [1.54, 1.807) is 31.5 Å². The van der Waals surface area contributed by atoms with Gasteiger partial charge in [-0.05, 0) is 36.8 Å². The Morgan fingerprint density at radius 2 is 1.80 bits per heavy atom. The Labute approximate surface area is 151 Å². The van der Waals surface area contributed by atoms with Crippen LogP contribution in [-0.2, 0) is 0 Å². The zero-order valence-electron chi connectivity index (χ0n) is 13.9. The molecule has 0 aliphatic heterocycles. The van der Waals surface area contributed by atoms with Gasteiger partial charge in [-0.15, -0.1) is 0 Å². The van der Waals surface area contributed by atoms with E-state index >= 15 is 0 Å². The number of hydrogen-bond donors (Lipinski definition) is 1. The fourth-order valence-electron chi connectivity index (χ4n) is 2.42. The lowest BCUT2D eigenvalue weighted by Crippen LogP contribution is -2.12. The van der Waals surface area contributed by atoms with E-state index in [-0.39, 0.29) is 5.91 Å². The van der Waals surface area contributed by atoms with Crippen molar-refractivity contribution in [2.75, 3.05) is 12.4 Å². The summed E-state index contributed by atoms with van der Waals surface area (Å²) >= 11 is 6.09. The number of nitrogens with zero attached hydrogens (tertiary/aromatic N) is 1. The highest BCUT2D eigenvalue weighted by atomic mass is 35.5. The van der Waals surface area contributed by atoms with Gasteiger partial charge in [0.1, 0.15) is 5.75 Å². The molecule has 0 saturated heterocycles. The first kappa shape index (κ1) is 17.0. The van der Waals surface area contributed by atoms with Gasteiger partial charge in [0, 0.05) is 23.6 Å². The van der Waals surface area contributed by atoms with E-state index in [2.05, 4.69) is 10.3 Å². The number of anilines is 1. The molecular formula is C20H17ClN2O2. The van der Waals surface area contributed by atoms with Gasteiger partial charge in [-0.3, -0.25) is 9.78 Å². The average molecular weight is 353 g/mol. The predicted octanol–water partition coefficient (Wildman–Crippen LogP) is 4.97. The van der Waals surface area contributed by atoms with E-state index in [0.717, 1.165) is 11.1 Å². The molecule has 126 valence electrons. The first-order valence-electron chi connectivity index (χ1n) is 7.74. The number of aromatic nitrogens is 1. The number of carbonyl (C=O) groups is 1. The Bertz CT molecular complexity index is 908. The molecule has 3 rings (SSSR count). The van der Waals surface area contributed by atoms with E-state index in [4.69, 9.17) is 16.3 Å². The van der Waals surface area contributed by atoms with Crippen LogP contribution in [0.2, 0.25) is 5.02 Å². The number of aryl methyl sites for hydroxylation is 1. The molecule has 0 spiro atoms. The quantitative estimate of drug-likeness (QED) is 0.721. The topological polar surface area (TPSA) is 51.2 Å². The molecule has 0 aliphatic rings. The van der Waals surface area contributed by atoms with Gasteiger partial charge in [-0.2, -0.15) is 0 Å². The molecule has 25 heavy (non-hydrogen) atoms. The first-order chi connectivity index (χ1) is 12.1. The number of methoxy groups -OCH3 is 1. The third-order valence-corrected chi connectivity index (χ3v) is 4.09. The number of benzene rings is 2. The third kappa shape index (κ3) is 3.98. The lowest BCUT2D eigenvalue weighted by molar-refractivity contribution is 0.102. The largest absolute Gasteiger partial charge is 0.495 e. The van der Waals surface area contributed by atoms with Gasteiger partial charge in [0.15, 0.2) is 0 Å². The summed E-state index contributed by atoms with van der Waals surface area (Å²) in [7, 11) is 1.54. The van der Waals surface area contributed by atoms with E-state index in [9.17, 15) is 4.79 Å². The van der Waals surface area contributed by atoms with Crippen LogP contribution in [-0.4, -0.2) is 18.0 Å². The van der Waals surface area contributed by atoms with Crippen LogP contribution in [0, 0.1) is 6.92 Å². The molecule has 0 saturated carbocycles.